The van der Waals surface area contributed by atoms with Crippen molar-refractivity contribution in [3.05, 3.63) is 66.6 Å². The number of benzene rings is 1. The average Bonchev–Trinajstić information content (AvgIpc) is 3.02. The first-order valence-electron chi connectivity index (χ1n) is 6.05. The number of hydrogen-bond donors (Lipinski definition) is 1. The summed E-state index contributed by atoms with van der Waals surface area (Å²) in [5, 5.41) is 13.3. The molecule has 0 aliphatic rings. The number of aromatic carboxylic acids is 1. The average molecular weight is 265 g/mol. The van der Waals surface area contributed by atoms with E-state index in [1.807, 2.05) is 36.4 Å². The van der Waals surface area contributed by atoms with E-state index in [2.05, 4.69) is 10.1 Å². The normalized spacial score (nSPS) is 10.4. The Kier molecular flexibility index (Phi) is 3.01. The Morgan fingerprint density at radius 3 is 2.55 bits per heavy atom. The van der Waals surface area contributed by atoms with Crippen LogP contribution in [0.5, 0.6) is 0 Å². The van der Waals surface area contributed by atoms with E-state index in [1.165, 1.54) is 6.07 Å². The summed E-state index contributed by atoms with van der Waals surface area (Å²) in [6, 6.07) is 14.6. The number of pyridine rings is 1. The predicted octanol–water partition coefficient (Wildman–Crippen LogP) is 2.63. The molecule has 0 saturated carbocycles. The van der Waals surface area contributed by atoms with Gasteiger partial charge in [-0.1, -0.05) is 30.3 Å². The summed E-state index contributed by atoms with van der Waals surface area (Å²) in [7, 11) is 0. The molecule has 1 N–H and O–H groups in total. The molecule has 0 radical (unpaired) electrons. The SMILES string of the molecule is O=C(O)c1cc(-n2cccn2)cc(-c2ccccc2)n1. The molecule has 0 fully saturated rings. The molecule has 3 aromatic rings. The second kappa shape index (κ2) is 4.97. The molecule has 0 saturated heterocycles. The van der Waals surface area contributed by atoms with Gasteiger partial charge in [0.05, 0.1) is 11.4 Å². The molecule has 1 aromatic carbocycles. The molecular formula is C15H11N3O2. The maximum absolute atomic E-state index is 11.2. The Morgan fingerprint density at radius 2 is 1.90 bits per heavy atom. The van der Waals surface area contributed by atoms with Gasteiger partial charge in [-0.05, 0) is 18.2 Å². The summed E-state index contributed by atoms with van der Waals surface area (Å²) in [6.07, 6.45) is 3.40. The second-order valence-electron chi connectivity index (χ2n) is 4.22. The van der Waals surface area contributed by atoms with E-state index in [0.29, 0.717) is 11.4 Å². The van der Waals surface area contributed by atoms with E-state index < -0.39 is 5.97 Å². The zero-order valence-corrected chi connectivity index (χ0v) is 10.5. The number of hydrogen-bond acceptors (Lipinski definition) is 3. The number of aromatic nitrogens is 3. The van der Waals surface area contributed by atoms with Crippen molar-refractivity contribution in [2.45, 2.75) is 0 Å². The van der Waals surface area contributed by atoms with Gasteiger partial charge in [-0.15, -0.1) is 0 Å². The molecule has 20 heavy (non-hydrogen) atoms. The first-order chi connectivity index (χ1) is 9.74. The molecule has 5 heteroatoms. The topological polar surface area (TPSA) is 68.0 Å². The smallest absolute Gasteiger partial charge is 0.354 e. The summed E-state index contributed by atoms with van der Waals surface area (Å²) in [5.41, 5.74) is 2.14. The first kappa shape index (κ1) is 12.1. The first-order valence-corrected chi connectivity index (χ1v) is 6.05. The lowest BCUT2D eigenvalue weighted by atomic mass is 10.1. The van der Waals surface area contributed by atoms with Gasteiger partial charge >= 0.3 is 5.97 Å². The third-order valence-electron chi connectivity index (χ3n) is 2.87. The van der Waals surface area contributed by atoms with Gasteiger partial charge in [0.2, 0.25) is 0 Å². The van der Waals surface area contributed by atoms with E-state index in [4.69, 9.17) is 0 Å². The van der Waals surface area contributed by atoms with Crippen molar-refractivity contribution in [2.75, 3.05) is 0 Å². The van der Waals surface area contributed by atoms with Crippen LogP contribution in [0.15, 0.2) is 60.9 Å². The molecule has 98 valence electrons. The molecule has 5 nitrogen and oxygen atoms in total. The lowest BCUT2D eigenvalue weighted by molar-refractivity contribution is 0.0690. The quantitative estimate of drug-likeness (QED) is 0.790. The van der Waals surface area contributed by atoms with Crippen LogP contribution < -0.4 is 0 Å². The van der Waals surface area contributed by atoms with Crippen LogP contribution in [-0.2, 0) is 0 Å². The van der Waals surface area contributed by atoms with Crippen LogP contribution in [0.1, 0.15) is 10.5 Å². The van der Waals surface area contributed by atoms with Gasteiger partial charge in [-0.2, -0.15) is 5.10 Å². The Morgan fingerprint density at radius 1 is 1.10 bits per heavy atom. The molecular weight excluding hydrogens is 254 g/mol. The van der Waals surface area contributed by atoms with E-state index in [-0.39, 0.29) is 5.69 Å². The van der Waals surface area contributed by atoms with Crippen LogP contribution in [0.3, 0.4) is 0 Å². The van der Waals surface area contributed by atoms with Crippen LogP contribution in [0.2, 0.25) is 0 Å². The van der Waals surface area contributed by atoms with Crippen molar-refractivity contribution >= 4 is 5.97 Å². The highest BCUT2D eigenvalue weighted by atomic mass is 16.4. The highest BCUT2D eigenvalue weighted by Crippen LogP contribution is 2.20. The maximum atomic E-state index is 11.2. The summed E-state index contributed by atoms with van der Waals surface area (Å²) < 4.78 is 1.61. The van der Waals surface area contributed by atoms with Gasteiger partial charge in [0.15, 0.2) is 5.69 Å². The highest BCUT2D eigenvalue weighted by Gasteiger charge is 2.11. The Hall–Kier alpha value is -2.95. The minimum Gasteiger partial charge on any atom is -0.477 e. The number of rotatable bonds is 3. The molecule has 0 unspecified atom stereocenters. The monoisotopic (exact) mass is 265 g/mol. The summed E-state index contributed by atoms with van der Waals surface area (Å²) in [4.78, 5) is 15.4. The molecule has 2 aromatic heterocycles. The third-order valence-corrected chi connectivity index (χ3v) is 2.87. The molecule has 2 heterocycles. The molecule has 0 aliphatic carbocycles. The summed E-state index contributed by atoms with van der Waals surface area (Å²) in [6.45, 7) is 0. The second-order valence-corrected chi connectivity index (χ2v) is 4.22. The third kappa shape index (κ3) is 2.29. The highest BCUT2D eigenvalue weighted by molar-refractivity contribution is 5.87. The minimum absolute atomic E-state index is 0.00291. The van der Waals surface area contributed by atoms with Gasteiger partial charge < -0.3 is 5.11 Å². The fraction of sp³-hybridized carbons (Fsp3) is 0. The summed E-state index contributed by atoms with van der Waals surface area (Å²) in [5.74, 6) is -1.06. The van der Waals surface area contributed by atoms with Crippen LogP contribution in [0, 0.1) is 0 Å². The van der Waals surface area contributed by atoms with Crippen molar-refractivity contribution in [1.29, 1.82) is 0 Å². The zero-order chi connectivity index (χ0) is 13.9. The lowest BCUT2D eigenvalue weighted by Gasteiger charge is -2.07. The largest absolute Gasteiger partial charge is 0.477 e. The molecule has 0 atom stereocenters. The maximum Gasteiger partial charge on any atom is 0.354 e. The molecule has 0 bridgehead atoms. The van der Waals surface area contributed by atoms with Crippen LogP contribution in [0.4, 0.5) is 0 Å². The van der Waals surface area contributed by atoms with E-state index in [0.717, 1.165) is 5.56 Å². The fourth-order valence-electron chi connectivity index (χ4n) is 1.94. The van der Waals surface area contributed by atoms with Crippen LogP contribution in [0.25, 0.3) is 16.9 Å². The molecule has 0 amide bonds. The zero-order valence-electron chi connectivity index (χ0n) is 10.5. The number of carboxylic acid groups (broad SMARTS) is 1. The van der Waals surface area contributed by atoms with E-state index >= 15 is 0 Å². The summed E-state index contributed by atoms with van der Waals surface area (Å²) >= 11 is 0. The van der Waals surface area contributed by atoms with Crippen LogP contribution in [-0.4, -0.2) is 25.8 Å². The standard InChI is InChI=1S/C15H11N3O2/c19-15(20)14-10-12(18-8-4-7-16-18)9-13(17-14)11-5-2-1-3-6-11/h1-10H,(H,19,20). The number of nitrogens with zero attached hydrogens (tertiary/aromatic N) is 3. The Bertz CT molecular complexity index is 737. The molecule has 3 rings (SSSR count). The van der Waals surface area contributed by atoms with Crippen molar-refractivity contribution < 1.29 is 9.90 Å². The fourth-order valence-corrected chi connectivity index (χ4v) is 1.94. The van der Waals surface area contributed by atoms with E-state index in [9.17, 15) is 9.90 Å². The van der Waals surface area contributed by atoms with Gasteiger partial charge in [0, 0.05) is 18.0 Å². The number of carboxylic acids is 1. The molecule has 0 spiro atoms. The Balaban J connectivity index is 2.18. The predicted molar refractivity (Wildman–Crippen MR) is 73.8 cm³/mol. The Labute approximate surface area is 115 Å². The van der Waals surface area contributed by atoms with Crippen LogP contribution >= 0.6 is 0 Å². The van der Waals surface area contributed by atoms with E-state index in [1.54, 1.807) is 23.1 Å². The van der Waals surface area contributed by atoms with Crippen molar-refractivity contribution in [3.8, 4) is 16.9 Å². The number of carbonyl (C=O) groups is 1. The lowest BCUT2D eigenvalue weighted by Crippen LogP contribution is -2.05. The van der Waals surface area contributed by atoms with Crippen molar-refractivity contribution in [3.63, 3.8) is 0 Å². The van der Waals surface area contributed by atoms with Gasteiger partial charge in [-0.3, -0.25) is 0 Å². The van der Waals surface area contributed by atoms with Gasteiger partial charge in [0.1, 0.15) is 0 Å². The molecule has 0 aliphatic heterocycles. The van der Waals surface area contributed by atoms with Gasteiger partial charge in [-0.25, -0.2) is 14.5 Å². The van der Waals surface area contributed by atoms with Gasteiger partial charge in [0.25, 0.3) is 0 Å². The minimum atomic E-state index is -1.06. The van der Waals surface area contributed by atoms with Crippen molar-refractivity contribution in [2.24, 2.45) is 0 Å². The van der Waals surface area contributed by atoms with Crippen molar-refractivity contribution in [1.82, 2.24) is 14.8 Å².